The molecule has 18 heavy (non-hydrogen) atoms. The fraction of sp³-hybridized carbons (Fsp3) is 0.615. The maximum absolute atomic E-state index is 11.1. The van der Waals surface area contributed by atoms with Gasteiger partial charge in [0.1, 0.15) is 5.56 Å². The van der Waals surface area contributed by atoms with E-state index in [1.807, 2.05) is 0 Å². The monoisotopic (exact) mass is 249 g/mol. The van der Waals surface area contributed by atoms with E-state index in [9.17, 15) is 4.79 Å². The highest BCUT2D eigenvalue weighted by Gasteiger charge is 2.25. The second kappa shape index (κ2) is 5.80. The molecule has 0 aliphatic heterocycles. The molecule has 1 heterocycles. The highest BCUT2D eigenvalue weighted by Crippen LogP contribution is 2.29. The van der Waals surface area contributed by atoms with Crippen molar-refractivity contribution in [2.45, 2.75) is 45.1 Å². The van der Waals surface area contributed by atoms with Gasteiger partial charge >= 0.3 is 5.97 Å². The largest absolute Gasteiger partial charge is 0.478 e. The van der Waals surface area contributed by atoms with Crippen LogP contribution >= 0.6 is 0 Å². The van der Waals surface area contributed by atoms with Crippen LogP contribution in [0.4, 0.5) is 5.82 Å². The smallest absolute Gasteiger partial charge is 0.339 e. The first-order chi connectivity index (χ1) is 8.72. The summed E-state index contributed by atoms with van der Waals surface area (Å²) in [6.07, 6.45) is 7.26. The van der Waals surface area contributed by atoms with Crippen LogP contribution in [0.15, 0.2) is 12.3 Å². The van der Waals surface area contributed by atoms with Crippen LogP contribution < -0.4 is 5.32 Å². The molecule has 0 bridgehead atoms. The third-order valence-corrected chi connectivity index (χ3v) is 3.71. The minimum atomic E-state index is -0.962. The van der Waals surface area contributed by atoms with E-state index < -0.39 is 5.97 Å². The lowest BCUT2D eigenvalue weighted by Crippen LogP contribution is -2.32. The molecule has 1 aliphatic rings. The van der Waals surface area contributed by atoms with Crippen LogP contribution in [-0.2, 0) is 0 Å². The van der Waals surface area contributed by atoms with E-state index in [-0.39, 0.29) is 5.56 Å². The molecule has 2 atom stereocenters. The molecule has 0 spiro atoms. The molecular formula is C13H19N3O2. The summed E-state index contributed by atoms with van der Waals surface area (Å²) >= 11 is 0. The maximum Gasteiger partial charge on any atom is 0.339 e. The zero-order chi connectivity index (χ0) is 13.0. The van der Waals surface area contributed by atoms with Gasteiger partial charge in [-0.15, -0.1) is 5.10 Å². The van der Waals surface area contributed by atoms with Gasteiger partial charge in [0.05, 0.1) is 6.20 Å². The van der Waals surface area contributed by atoms with Crippen LogP contribution in [0.5, 0.6) is 0 Å². The summed E-state index contributed by atoms with van der Waals surface area (Å²) in [5.74, 6) is 0.0361. The Hall–Kier alpha value is -1.65. The molecule has 98 valence electrons. The van der Waals surface area contributed by atoms with Crippen molar-refractivity contribution in [3.05, 3.63) is 17.8 Å². The third-order valence-electron chi connectivity index (χ3n) is 3.71. The summed E-state index contributed by atoms with van der Waals surface area (Å²) in [5, 5.41) is 20.1. The van der Waals surface area contributed by atoms with Gasteiger partial charge in [0.2, 0.25) is 0 Å². The summed E-state index contributed by atoms with van der Waals surface area (Å²) in [6, 6.07) is 1.81. The van der Waals surface area contributed by atoms with Crippen LogP contribution in [0, 0.1) is 5.92 Å². The Bertz CT molecular complexity index is 422. The van der Waals surface area contributed by atoms with Gasteiger partial charge in [-0.3, -0.25) is 0 Å². The number of hydrogen-bond acceptors (Lipinski definition) is 4. The van der Waals surface area contributed by atoms with Crippen LogP contribution in [0.3, 0.4) is 0 Å². The van der Waals surface area contributed by atoms with Gasteiger partial charge in [-0.2, -0.15) is 5.10 Å². The number of anilines is 1. The summed E-state index contributed by atoms with van der Waals surface area (Å²) in [5.41, 5.74) is 0.199. The highest BCUT2D eigenvalue weighted by atomic mass is 16.4. The van der Waals surface area contributed by atoms with E-state index in [4.69, 9.17) is 5.11 Å². The third kappa shape index (κ3) is 2.78. The second-order valence-corrected chi connectivity index (χ2v) is 4.80. The van der Waals surface area contributed by atoms with Crippen LogP contribution in [0.2, 0.25) is 0 Å². The van der Waals surface area contributed by atoms with E-state index >= 15 is 0 Å². The Morgan fingerprint density at radius 1 is 1.50 bits per heavy atom. The first-order valence-corrected chi connectivity index (χ1v) is 6.54. The standard InChI is InChI=1S/C13H19N3O2/c1-2-9-5-3-4-6-11(9)15-12-10(13(17)18)7-8-14-16-12/h7-9,11H,2-6H2,1H3,(H,15,16)(H,17,18). The Balaban J connectivity index is 2.15. The summed E-state index contributed by atoms with van der Waals surface area (Å²) in [7, 11) is 0. The van der Waals surface area contributed by atoms with Gasteiger partial charge in [0, 0.05) is 6.04 Å². The van der Waals surface area contributed by atoms with Crippen molar-refractivity contribution in [2.75, 3.05) is 5.32 Å². The fourth-order valence-corrected chi connectivity index (χ4v) is 2.67. The predicted molar refractivity (Wildman–Crippen MR) is 68.7 cm³/mol. The van der Waals surface area contributed by atoms with Crippen LogP contribution in [0.1, 0.15) is 49.4 Å². The number of carboxylic acids is 1. The van der Waals surface area contributed by atoms with E-state index in [2.05, 4.69) is 22.4 Å². The van der Waals surface area contributed by atoms with Crippen molar-refractivity contribution >= 4 is 11.8 Å². The van der Waals surface area contributed by atoms with E-state index in [1.54, 1.807) is 0 Å². The van der Waals surface area contributed by atoms with E-state index in [0.717, 1.165) is 12.8 Å². The molecule has 5 nitrogen and oxygen atoms in total. The molecule has 1 aromatic rings. The Labute approximate surface area is 107 Å². The minimum Gasteiger partial charge on any atom is -0.478 e. The van der Waals surface area contributed by atoms with Crippen molar-refractivity contribution in [1.82, 2.24) is 10.2 Å². The Morgan fingerprint density at radius 2 is 2.28 bits per heavy atom. The number of nitrogens with zero attached hydrogens (tertiary/aromatic N) is 2. The molecule has 1 fully saturated rings. The first-order valence-electron chi connectivity index (χ1n) is 6.54. The van der Waals surface area contributed by atoms with Crippen LogP contribution in [0.25, 0.3) is 0 Å². The second-order valence-electron chi connectivity index (χ2n) is 4.80. The van der Waals surface area contributed by atoms with Crippen molar-refractivity contribution in [3.63, 3.8) is 0 Å². The van der Waals surface area contributed by atoms with Gasteiger partial charge in [-0.05, 0) is 24.8 Å². The number of rotatable bonds is 4. The van der Waals surface area contributed by atoms with Gasteiger partial charge < -0.3 is 10.4 Å². The molecule has 1 aliphatic carbocycles. The summed E-state index contributed by atoms with van der Waals surface area (Å²) in [4.78, 5) is 11.1. The maximum atomic E-state index is 11.1. The number of carbonyl (C=O) groups is 1. The topological polar surface area (TPSA) is 75.1 Å². The van der Waals surface area contributed by atoms with Crippen LogP contribution in [-0.4, -0.2) is 27.3 Å². The Morgan fingerprint density at radius 3 is 3.00 bits per heavy atom. The van der Waals surface area contributed by atoms with E-state index in [0.29, 0.717) is 17.8 Å². The lowest BCUT2D eigenvalue weighted by atomic mass is 9.83. The predicted octanol–water partition coefficient (Wildman–Crippen LogP) is 2.56. The molecule has 0 aromatic carbocycles. The molecule has 1 aromatic heterocycles. The molecule has 0 saturated heterocycles. The molecule has 2 unspecified atom stereocenters. The van der Waals surface area contributed by atoms with Gasteiger partial charge in [-0.25, -0.2) is 4.79 Å². The number of nitrogens with one attached hydrogen (secondary N) is 1. The average molecular weight is 249 g/mol. The molecule has 5 heteroatoms. The highest BCUT2D eigenvalue weighted by molar-refractivity contribution is 5.92. The van der Waals surface area contributed by atoms with Gasteiger partial charge in [-0.1, -0.05) is 26.2 Å². The molecule has 1 saturated carbocycles. The fourth-order valence-electron chi connectivity index (χ4n) is 2.67. The molecule has 0 amide bonds. The normalized spacial score (nSPS) is 23.6. The van der Waals surface area contributed by atoms with Crippen molar-refractivity contribution in [2.24, 2.45) is 5.92 Å². The minimum absolute atomic E-state index is 0.199. The molecule has 2 rings (SSSR count). The molecular weight excluding hydrogens is 230 g/mol. The first kappa shape index (κ1) is 12.8. The average Bonchev–Trinajstić information content (AvgIpc) is 2.40. The lowest BCUT2D eigenvalue weighted by molar-refractivity contribution is 0.0697. The Kier molecular flexibility index (Phi) is 4.12. The number of aromatic carboxylic acids is 1. The summed E-state index contributed by atoms with van der Waals surface area (Å²) < 4.78 is 0. The van der Waals surface area contributed by atoms with Gasteiger partial charge in [0.15, 0.2) is 5.82 Å². The van der Waals surface area contributed by atoms with Crippen molar-refractivity contribution < 1.29 is 9.90 Å². The van der Waals surface area contributed by atoms with Gasteiger partial charge in [0.25, 0.3) is 0 Å². The number of hydrogen-bond donors (Lipinski definition) is 2. The lowest BCUT2D eigenvalue weighted by Gasteiger charge is -2.32. The van der Waals surface area contributed by atoms with Crippen molar-refractivity contribution in [3.8, 4) is 0 Å². The van der Waals surface area contributed by atoms with E-state index in [1.165, 1.54) is 31.5 Å². The zero-order valence-corrected chi connectivity index (χ0v) is 10.6. The SMILES string of the molecule is CCC1CCCCC1Nc1nnccc1C(=O)O. The zero-order valence-electron chi connectivity index (χ0n) is 10.6. The summed E-state index contributed by atoms with van der Waals surface area (Å²) in [6.45, 7) is 2.18. The van der Waals surface area contributed by atoms with Crippen molar-refractivity contribution in [1.29, 1.82) is 0 Å². The quantitative estimate of drug-likeness (QED) is 0.857. The number of aromatic nitrogens is 2. The molecule has 0 radical (unpaired) electrons. The number of carboxylic acid groups (broad SMARTS) is 1. The molecule has 2 N–H and O–H groups in total.